The van der Waals surface area contributed by atoms with E-state index in [1.165, 1.54) is 0 Å². The van der Waals surface area contributed by atoms with Crippen LogP contribution in [0.4, 0.5) is 5.82 Å². The number of hydrogen-bond donors (Lipinski definition) is 1. The zero-order chi connectivity index (χ0) is 27.8. The van der Waals surface area contributed by atoms with Crippen LogP contribution in [-0.4, -0.2) is 57.4 Å². The fraction of sp³-hybridized carbons (Fsp3) is 0.400. The number of nitrogens with zero attached hydrogens (tertiary/aromatic N) is 5. The second-order valence-corrected chi connectivity index (χ2v) is 11.3. The van der Waals surface area contributed by atoms with Crippen molar-refractivity contribution >= 4 is 34.4 Å². The van der Waals surface area contributed by atoms with Crippen molar-refractivity contribution in [3.8, 4) is 5.69 Å². The van der Waals surface area contributed by atoms with Crippen molar-refractivity contribution in [3.63, 3.8) is 0 Å². The third kappa shape index (κ3) is 5.11. The van der Waals surface area contributed by atoms with Gasteiger partial charge < -0.3 is 15.0 Å². The van der Waals surface area contributed by atoms with E-state index in [9.17, 15) is 9.59 Å². The standard InChI is InChI=1S/C30H33ClN6O3/c1-19-25(13-21(31)14-32-19)29(38)34-22-9-7-20(8-10-22)16-36-26-5-3-4-6-27(26)37(30(36)39)23-11-12-28(33-15-23)35-17-24(18-35)40-2/h3-6,11-15,20,22,24H,7-10,16-18H2,1-2H3,(H,34,38). The predicted molar refractivity (Wildman–Crippen MR) is 156 cm³/mol. The van der Waals surface area contributed by atoms with Gasteiger partial charge in [-0.3, -0.25) is 18.9 Å². The summed E-state index contributed by atoms with van der Waals surface area (Å²) in [7, 11) is 1.73. The molecule has 1 amide bonds. The Morgan fingerprint density at radius 2 is 1.80 bits per heavy atom. The molecule has 1 aliphatic heterocycles. The van der Waals surface area contributed by atoms with Crippen LogP contribution in [0.3, 0.4) is 0 Å². The van der Waals surface area contributed by atoms with E-state index in [1.54, 1.807) is 30.1 Å². The third-order valence-electron chi connectivity index (χ3n) is 8.25. The largest absolute Gasteiger partial charge is 0.378 e. The highest BCUT2D eigenvalue weighted by molar-refractivity contribution is 6.30. The summed E-state index contributed by atoms with van der Waals surface area (Å²) >= 11 is 6.05. The van der Waals surface area contributed by atoms with Gasteiger partial charge in [0.1, 0.15) is 5.82 Å². The maximum absolute atomic E-state index is 13.8. The number of para-hydroxylation sites is 2. The van der Waals surface area contributed by atoms with Crippen molar-refractivity contribution < 1.29 is 9.53 Å². The number of imidazole rings is 1. The Labute approximate surface area is 237 Å². The lowest BCUT2D eigenvalue weighted by molar-refractivity contribution is 0.0783. The fourth-order valence-corrected chi connectivity index (χ4v) is 6.01. The van der Waals surface area contributed by atoms with Crippen LogP contribution in [0.25, 0.3) is 16.7 Å². The van der Waals surface area contributed by atoms with E-state index in [0.29, 0.717) is 28.7 Å². The number of ether oxygens (including phenoxy) is 1. The Hall–Kier alpha value is -3.69. The van der Waals surface area contributed by atoms with Crippen LogP contribution in [0.15, 0.2) is 59.7 Å². The highest BCUT2D eigenvalue weighted by atomic mass is 35.5. The van der Waals surface area contributed by atoms with Crippen LogP contribution >= 0.6 is 11.6 Å². The highest BCUT2D eigenvalue weighted by Gasteiger charge is 2.28. The number of anilines is 1. The summed E-state index contributed by atoms with van der Waals surface area (Å²) in [5.74, 6) is 1.10. The molecule has 9 nitrogen and oxygen atoms in total. The first-order chi connectivity index (χ1) is 19.4. The molecule has 4 heterocycles. The molecule has 208 valence electrons. The number of nitrogens with one attached hydrogen (secondary N) is 1. The summed E-state index contributed by atoms with van der Waals surface area (Å²) in [6.45, 7) is 4.10. The number of aryl methyl sites for hydroxylation is 1. The monoisotopic (exact) mass is 560 g/mol. The summed E-state index contributed by atoms with van der Waals surface area (Å²) < 4.78 is 9.02. The number of aromatic nitrogens is 4. The number of halogens is 1. The Morgan fingerprint density at radius 3 is 2.50 bits per heavy atom. The molecule has 1 aromatic carbocycles. The number of methoxy groups -OCH3 is 1. The van der Waals surface area contributed by atoms with Gasteiger partial charge >= 0.3 is 5.69 Å². The van der Waals surface area contributed by atoms with E-state index in [2.05, 4.69) is 20.2 Å². The van der Waals surface area contributed by atoms with Crippen LogP contribution in [0, 0.1) is 12.8 Å². The first-order valence-electron chi connectivity index (χ1n) is 13.8. The molecule has 0 spiro atoms. The molecule has 6 rings (SSSR count). The number of pyridine rings is 2. The number of rotatable bonds is 7. The molecule has 40 heavy (non-hydrogen) atoms. The lowest BCUT2D eigenvalue weighted by Gasteiger charge is -2.38. The van der Waals surface area contributed by atoms with Crippen molar-refractivity contribution in [1.29, 1.82) is 0 Å². The Bertz CT molecular complexity index is 1580. The fourth-order valence-electron chi connectivity index (χ4n) is 5.85. The molecule has 0 radical (unpaired) electrons. The lowest BCUT2D eigenvalue weighted by Crippen LogP contribution is -2.52. The quantitative estimate of drug-likeness (QED) is 0.361. The van der Waals surface area contributed by atoms with Gasteiger partial charge in [0.05, 0.1) is 45.3 Å². The molecule has 0 unspecified atom stereocenters. The van der Waals surface area contributed by atoms with Crippen molar-refractivity contribution in [2.75, 3.05) is 25.1 Å². The SMILES string of the molecule is COC1CN(c2ccc(-n3c(=O)n(CC4CCC(NC(=O)c5cc(Cl)cnc5C)CC4)c4ccccc43)cn2)C1. The molecule has 2 fully saturated rings. The number of fused-ring (bicyclic) bond motifs is 1. The number of amides is 1. The second kappa shape index (κ2) is 11.1. The van der Waals surface area contributed by atoms with Crippen molar-refractivity contribution in [3.05, 3.63) is 81.6 Å². The summed E-state index contributed by atoms with van der Waals surface area (Å²) in [5.41, 5.74) is 3.67. The average Bonchev–Trinajstić information content (AvgIpc) is 3.21. The molecule has 4 aromatic rings. The van der Waals surface area contributed by atoms with Gasteiger partial charge in [-0.25, -0.2) is 9.78 Å². The van der Waals surface area contributed by atoms with Crippen LogP contribution < -0.4 is 15.9 Å². The maximum Gasteiger partial charge on any atom is 0.333 e. The molecule has 10 heteroatoms. The van der Waals surface area contributed by atoms with Crippen molar-refractivity contribution in [1.82, 2.24) is 24.4 Å². The van der Waals surface area contributed by atoms with Crippen LogP contribution in [0.1, 0.15) is 41.7 Å². The molecular weight excluding hydrogens is 528 g/mol. The summed E-state index contributed by atoms with van der Waals surface area (Å²) in [5, 5.41) is 3.60. The van der Waals surface area contributed by atoms with Gasteiger partial charge in [0.25, 0.3) is 5.91 Å². The van der Waals surface area contributed by atoms with Gasteiger partial charge in [-0.1, -0.05) is 23.7 Å². The minimum absolute atomic E-state index is 0.0569. The van der Waals surface area contributed by atoms with Crippen molar-refractivity contribution in [2.24, 2.45) is 5.92 Å². The molecular formula is C30H33ClN6O3. The minimum Gasteiger partial charge on any atom is -0.378 e. The molecule has 1 saturated carbocycles. The van der Waals surface area contributed by atoms with E-state index < -0.39 is 0 Å². The third-order valence-corrected chi connectivity index (χ3v) is 8.46. The highest BCUT2D eigenvalue weighted by Crippen LogP contribution is 2.28. The zero-order valence-electron chi connectivity index (χ0n) is 22.7. The van der Waals surface area contributed by atoms with E-state index in [0.717, 1.165) is 61.3 Å². The van der Waals surface area contributed by atoms with Gasteiger partial charge in [0, 0.05) is 39.0 Å². The van der Waals surface area contributed by atoms with Crippen LogP contribution in [-0.2, 0) is 11.3 Å². The van der Waals surface area contributed by atoms with Crippen LogP contribution in [0.5, 0.6) is 0 Å². The molecule has 1 aliphatic carbocycles. The normalized spacial score (nSPS) is 19.5. The summed E-state index contributed by atoms with van der Waals surface area (Å²) in [6.07, 6.45) is 7.16. The van der Waals surface area contributed by atoms with E-state index >= 15 is 0 Å². The summed E-state index contributed by atoms with van der Waals surface area (Å²) in [6, 6.07) is 13.6. The number of carbonyl (C=O) groups is 1. The van der Waals surface area contributed by atoms with E-state index in [4.69, 9.17) is 16.3 Å². The molecule has 3 aromatic heterocycles. The predicted octanol–water partition coefficient (Wildman–Crippen LogP) is 4.37. The smallest absolute Gasteiger partial charge is 0.333 e. The van der Waals surface area contributed by atoms with Gasteiger partial charge in [0.2, 0.25) is 0 Å². The first kappa shape index (κ1) is 26.5. The Morgan fingerprint density at radius 1 is 1.05 bits per heavy atom. The van der Waals surface area contributed by atoms with Gasteiger partial charge in [-0.2, -0.15) is 0 Å². The van der Waals surface area contributed by atoms with Gasteiger partial charge in [0.15, 0.2) is 0 Å². The zero-order valence-corrected chi connectivity index (χ0v) is 23.5. The Balaban J connectivity index is 1.15. The summed E-state index contributed by atoms with van der Waals surface area (Å²) in [4.78, 5) is 37.6. The number of carbonyl (C=O) groups excluding carboxylic acids is 1. The molecule has 1 saturated heterocycles. The molecule has 2 aliphatic rings. The maximum atomic E-state index is 13.8. The topological polar surface area (TPSA) is 94.3 Å². The number of benzene rings is 1. The van der Waals surface area contributed by atoms with E-state index in [1.807, 2.05) is 47.9 Å². The van der Waals surface area contributed by atoms with Gasteiger partial charge in [-0.05, 0) is 68.9 Å². The minimum atomic E-state index is -0.137. The first-order valence-corrected chi connectivity index (χ1v) is 14.2. The molecule has 1 N–H and O–H groups in total. The van der Waals surface area contributed by atoms with E-state index in [-0.39, 0.29) is 23.7 Å². The molecule has 0 atom stereocenters. The second-order valence-electron chi connectivity index (χ2n) is 10.8. The average molecular weight is 561 g/mol. The number of hydrogen-bond acceptors (Lipinski definition) is 6. The Kier molecular flexibility index (Phi) is 7.33. The van der Waals surface area contributed by atoms with Gasteiger partial charge in [-0.15, -0.1) is 0 Å². The lowest BCUT2D eigenvalue weighted by atomic mass is 9.85. The van der Waals surface area contributed by atoms with Crippen molar-refractivity contribution in [2.45, 2.75) is 51.3 Å². The van der Waals surface area contributed by atoms with Crippen LogP contribution in [0.2, 0.25) is 5.02 Å². The molecule has 0 bridgehead atoms.